The Labute approximate surface area is 130 Å². The zero-order valence-corrected chi connectivity index (χ0v) is 14.4. The number of halogens is 1. The molecule has 0 unspecified atom stereocenters. The molecule has 2 N–H and O–H groups in total. The molecule has 3 nitrogen and oxygen atoms in total. The molecule has 0 radical (unpaired) electrons. The summed E-state index contributed by atoms with van der Waals surface area (Å²) in [5.74, 6) is 0.100. The zero-order valence-electron chi connectivity index (χ0n) is 12.8. The summed E-state index contributed by atoms with van der Waals surface area (Å²) in [5, 5.41) is 6.41. The van der Waals surface area contributed by atoms with Crippen molar-refractivity contribution in [3.63, 3.8) is 0 Å². The van der Waals surface area contributed by atoms with Gasteiger partial charge in [-0.25, -0.2) is 0 Å². The quantitative estimate of drug-likeness (QED) is 0.745. The number of benzene rings is 1. The van der Waals surface area contributed by atoms with E-state index in [1.54, 1.807) is 0 Å². The van der Waals surface area contributed by atoms with E-state index in [0.29, 0.717) is 12.5 Å². The Morgan fingerprint density at radius 2 is 1.85 bits per heavy atom. The second-order valence-corrected chi connectivity index (χ2v) is 6.81. The number of rotatable bonds is 7. The second kappa shape index (κ2) is 7.79. The fourth-order valence-corrected chi connectivity index (χ4v) is 2.25. The molecule has 1 rings (SSSR count). The molecule has 20 heavy (non-hydrogen) atoms. The van der Waals surface area contributed by atoms with Crippen LogP contribution in [0.1, 0.15) is 46.1 Å². The van der Waals surface area contributed by atoms with Crippen molar-refractivity contribution < 1.29 is 4.79 Å². The number of carbonyl (C=O) groups is 1. The maximum atomic E-state index is 12.0. The summed E-state index contributed by atoms with van der Waals surface area (Å²) in [5.41, 5.74) is 0.762. The second-order valence-electron chi connectivity index (χ2n) is 5.89. The first-order valence-corrected chi connectivity index (χ1v) is 7.91. The average Bonchev–Trinajstić information content (AvgIpc) is 2.34. The van der Waals surface area contributed by atoms with Gasteiger partial charge >= 0.3 is 0 Å². The molecule has 1 amide bonds. The van der Waals surface area contributed by atoms with Gasteiger partial charge in [0.25, 0.3) is 0 Å². The third-order valence-corrected chi connectivity index (χ3v) is 3.68. The van der Waals surface area contributed by atoms with Gasteiger partial charge in [0.05, 0.1) is 5.54 Å². The van der Waals surface area contributed by atoms with E-state index < -0.39 is 0 Å². The summed E-state index contributed by atoms with van der Waals surface area (Å²) < 4.78 is 1.04. The molecule has 0 saturated heterocycles. The molecule has 1 aromatic rings. The molecular weight excluding hydrogens is 316 g/mol. The van der Waals surface area contributed by atoms with Gasteiger partial charge in [-0.05, 0) is 44.5 Å². The van der Waals surface area contributed by atoms with Gasteiger partial charge in [-0.15, -0.1) is 0 Å². The van der Waals surface area contributed by atoms with Crippen LogP contribution in [0, 0.1) is 0 Å². The van der Waals surface area contributed by atoms with Crippen LogP contribution in [-0.2, 0) is 10.3 Å². The zero-order chi connectivity index (χ0) is 15.2. The molecule has 0 fully saturated rings. The Kier molecular flexibility index (Phi) is 6.69. The highest BCUT2D eigenvalue weighted by Crippen LogP contribution is 2.22. The Hall–Kier alpha value is -0.870. The van der Waals surface area contributed by atoms with Gasteiger partial charge in [0.2, 0.25) is 5.91 Å². The van der Waals surface area contributed by atoms with Crippen LogP contribution < -0.4 is 10.6 Å². The van der Waals surface area contributed by atoms with Gasteiger partial charge in [-0.3, -0.25) is 4.79 Å². The first-order chi connectivity index (χ1) is 9.31. The molecule has 4 heteroatoms. The van der Waals surface area contributed by atoms with Crippen LogP contribution in [0.25, 0.3) is 0 Å². The Morgan fingerprint density at radius 3 is 2.40 bits per heavy atom. The first kappa shape index (κ1) is 17.2. The number of amides is 1. The summed E-state index contributed by atoms with van der Waals surface area (Å²) in [6.07, 6.45) is 1.42. The van der Waals surface area contributed by atoms with E-state index in [9.17, 15) is 4.79 Å². The lowest BCUT2D eigenvalue weighted by atomic mass is 9.94. The molecule has 0 aromatic heterocycles. The molecular formula is C16H25BrN2O. The standard InChI is InChI=1S/C16H25BrN2O/c1-12(2)18-11-5-6-15(20)19-16(3,4)13-7-9-14(17)10-8-13/h7-10,12,18H,5-6,11H2,1-4H3,(H,19,20). The van der Waals surface area contributed by atoms with Crippen LogP contribution in [0.4, 0.5) is 0 Å². The van der Waals surface area contributed by atoms with E-state index in [4.69, 9.17) is 0 Å². The SMILES string of the molecule is CC(C)NCCCC(=O)NC(C)(C)c1ccc(Br)cc1. The number of carbonyl (C=O) groups excluding carboxylic acids is 1. The van der Waals surface area contributed by atoms with E-state index in [-0.39, 0.29) is 11.4 Å². The maximum absolute atomic E-state index is 12.0. The largest absolute Gasteiger partial charge is 0.347 e. The van der Waals surface area contributed by atoms with E-state index in [2.05, 4.69) is 40.4 Å². The minimum atomic E-state index is -0.344. The number of hydrogen-bond acceptors (Lipinski definition) is 2. The van der Waals surface area contributed by atoms with E-state index in [0.717, 1.165) is 23.0 Å². The van der Waals surface area contributed by atoms with Crippen LogP contribution in [0.5, 0.6) is 0 Å². The fraction of sp³-hybridized carbons (Fsp3) is 0.562. The Morgan fingerprint density at radius 1 is 1.25 bits per heavy atom. The molecule has 0 bridgehead atoms. The van der Waals surface area contributed by atoms with Crippen molar-refractivity contribution in [3.8, 4) is 0 Å². The van der Waals surface area contributed by atoms with Gasteiger partial charge in [0.15, 0.2) is 0 Å². The lowest BCUT2D eigenvalue weighted by Crippen LogP contribution is -2.41. The Bertz CT molecular complexity index is 427. The molecule has 0 spiro atoms. The smallest absolute Gasteiger partial charge is 0.220 e. The Balaban J connectivity index is 2.45. The number of nitrogens with one attached hydrogen (secondary N) is 2. The molecule has 0 saturated carbocycles. The van der Waals surface area contributed by atoms with Crippen LogP contribution in [0.15, 0.2) is 28.7 Å². The third kappa shape index (κ3) is 6.06. The fourth-order valence-electron chi connectivity index (χ4n) is 1.99. The lowest BCUT2D eigenvalue weighted by molar-refractivity contribution is -0.122. The molecule has 0 aliphatic heterocycles. The van der Waals surface area contributed by atoms with Crippen LogP contribution in [0.2, 0.25) is 0 Å². The van der Waals surface area contributed by atoms with Gasteiger partial charge in [0, 0.05) is 16.9 Å². The summed E-state index contributed by atoms with van der Waals surface area (Å²) in [7, 11) is 0. The molecule has 0 heterocycles. The summed E-state index contributed by atoms with van der Waals surface area (Å²) in [4.78, 5) is 12.0. The molecule has 1 aromatic carbocycles. The highest BCUT2D eigenvalue weighted by Gasteiger charge is 2.22. The van der Waals surface area contributed by atoms with Crippen molar-refractivity contribution in [2.24, 2.45) is 0 Å². The minimum absolute atomic E-state index is 0.100. The normalized spacial score (nSPS) is 11.7. The van der Waals surface area contributed by atoms with Gasteiger partial charge in [-0.1, -0.05) is 41.9 Å². The molecule has 0 aliphatic carbocycles. The van der Waals surface area contributed by atoms with Crippen LogP contribution >= 0.6 is 15.9 Å². The van der Waals surface area contributed by atoms with Crippen molar-refractivity contribution >= 4 is 21.8 Å². The van der Waals surface area contributed by atoms with Crippen LogP contribution in [0.3, 0.4) is 0 Å². The van der Waals surface area contributed by atoms with Crippen molar-refractivity contribution in [1.29, 1.82) is 0 Å². The molecule has 112 valence electrons. The topological polar surface area (TPSA) is 41.1 Å². The van der Waals surface area contributed by atoms with Crippen molar-refractivity contribution in [2.45, 2.75) is 52.1 Å². The van der Waals surface area contributed by atoms with Gasteiger partial charge < -0.3 is 10.6 Å². The van der Waals surface area contributed by atoms with Crippen molar-refractivity contribution in [1.82, 2.24) is 10.6 Å². The van der Waals surface area contributed by atoms with Gasteiger partial charge in [-0.2, -0.15) is 0 Å². The minimum Gasteiger partial charge on any atom is -0.347 e. The average molecular weight is 341 g/mol. The van der Waals surface area contributed by atoms with Crippen LogP contribution in [-0.4, -0.2) is 18.5 Å². The highest BCUT2D eigenvalue weighted by atomic mass is 79.9. The van der Waals surface area contributed by atoms with E-state index >= 15 is 0 Å². The first-order valence-electron chi connectivity index (χ1n) is 7.11. The van der Waals surface area contributed by atoms with Crippen molar-refractivity contribution in [3.05, 3.63) is 34.3 Å². The highest BCUT2D eigenvalue weighted by molar-refractivity contribution is 9.10. The maximum Gasteiger partial charge on any atom is 0.220 e. The molecule has 0 aliphatic rings. The van der Waals surface area contributed by atoms with E-state index in [1.807, 2.05) is 38.1 Å². The van der Waals surface area contributed by atoms with E-state index in [1.165, 1.54) is 0 Å². The van der Waals surface area contributed by atoms with Crippen molar-refractivity contribution in [2.75, 3.05) is 6.54 Å². The predicted octanol–water partition coefficient (Wildman–Crippen LogP) is 3.58. The summed E-state index contributed by atoms with van der Waals surface area (Å²) >= 11 is 3.42. The lowest BCUT2D eigenvalue weighted by Gasteiger charge is -2.27. The molecule has 0 atom stereocenters. The monoisotopic (exact) mass is 340 g/mol. The van der Waals surface area contributed by atoms with Gasteiger partial charge in [0.1, 0.15) is 0 Å². The third-order valence-electron chi connectivity index (χ3n) is 3.15. The number of hydrogen-bond donors (Lipinski definition) is 2. The summed E-state index contributed by atoms with van der Waals surface area (Å²) in [6.45, 7) is 9.15. The summed E-state index contributed by atoms with van der Waals surface area (Å²) in [6, 6.07) is 8.53. The predicted molar refractivity (Wildman–Crippen MR) is 87.7 cm³/mol.